The Kier molecular flexibility index (Phi) is 15.2. The maximum Gasteiger partial charge on any atom is 0.348 e. The van der Waals surface area contributed by atoms with Crippen LogP contribution in [-0.2, 0) is 27.4 Å². The molecule has 1 heterocycles. The van der Waals surface area contributed by atoms with Crippen LogP contribution in [0.1, 0.15) is 62.5 Å². The molecule has 0 bridgehead atoms. The first-order chi connectivity index (χ1) is 25.2. The summed E-state index contributed by atoms with van der Waals surface area (Å²) in [5.41, 5.74) is 3.45. The van der Waals surface area contributed by atoms with E-state index in [2.05, 4.69) is 39.3 Å². The van der Waals surface area contributed by atoms with Crippen LogP contribution in [0.25, 0.3) is 6.08 Å². The number of carbonyl (C=O) groups is 2. The Bertz CT molecular complexity index is 1940. The van der Waals surface area contributed by atoms with Crippen LogP contribution >= 0.6 is 22.9 Å². The molecule has 1 amide bonds. The number of para-hydroxylation sites is 1. The van der Waals surface area contributed by atoms with Gasteiger partial charge in [-0.3, -0.25) is 4.79 Å². The summed E-state index contributed by atoms with van der Waals surface area (Å²) >= 11 is 7.44. The average Bonchev–Trinajstić information content (AvgIpc) is 3.51. The first-order valence-corrected chi connectivity index (χ1v) is 18.2. The van der Waals surface area contributed by atoms with Crippen molar-refractivity contribution in [3.05, 3.63) is 93.5 Å². The van der Waals surface area contributed by atoms with Crippen molar-refractivity contribution >= 4 is 63.1 Å². The number of esters is 1. The molecule has 0 fully saturated rings. The van der Waals surface area contributed by atoms with Crippen molar-refractivity contribution in [1.29, 1.82) is 5.26 Å². The number of nitrogens with one attached hydrogen (secondary N) is 1. The fourth-order valence-corrected chi connectivity index (χ4v) is 6.36. The largest absolute Gasteiger partial charge is 0.497 e. The number of aromatic nitrogens is 1. The van der Waals surface area contributed by atoms with E-state index in [0.29, 0.717) is 29.3 Å². The topological polar surface area (TPSA) is 138 Å². The van der Waals surface area contributed by atoms with Gasteiger partial charge in [0.15, 0.2) is 0 Å². The summed E-state index contributed by atoms with van der Waals surface area (Å²) in [7, 11) is 3.27. The second-order valence-electron chi connectivity index (χ2n) is 11.9. The monoisotopic (exact) mass is 742 g/mol. The molecule has 0 saturated carbocycles. The molecule has 272 valence electrons. The Morgan fingerprint density at radius 2 is 1.87 bits per heavy atom. The van der Waals surface area contributed by atoms with Gasteiger partial charge >= 0.3 is 5.97 Å². The number of unbranched alkanes of at least 4 members (excludes halogenated alkanes) is 1. The first-order valence-electron chi connectivity index (χ1n) is 17.0. The minimum absolute atomic E-state index is 0.0656. The number of hydrogen-bond donors (Lipinski definition) is 1. The number of halogens is 1. The smallest absolute Gasteiger partial charge is 0.348 e. The minimum Gasteiger partial charge on any atom is -0.497 e. The highest BCUT2D eigenvalue weighted by Crippen LogP contribution is 2.36. The lowest BCUT2D eigenvalue weighted by atomic mass is 10.0. The molecule has 0 aliphatic rings. The highest BCUT2D eigenvalue weighted by Gasteiger charge is 2.18. The number of amides is 1. The summed E-state index contributed by atoms with van der Waals surface area (Å²) in [6, 6.07) is 23.1. The highest BCUT2D eigenvalue weighted by atomic mass is 35.5. The number of thiazole rings is 1. The van der Waals surface area contributed by atoms with E-state index >= 15 is 0 Å². The zero-order valence-electron chi connectivity index (χ0n) is 30.0. The summed E-state index contributed by atoms with van der Waals surface area (Å²) in [4.78, 5) is 31.8. The van der Waals surface area contributed by atoms with Crippen LogP contribution < -0.4 is 19.7 Å². The molecule has 0 spiro atoms. The molecule has 0 aliphatic heterocycles. The van der Waals surface area contributed by atoms with E-state index in [1.54, 1.807) is 20.3 Å². The van der Waals surface area contributed by atoms with Gasteiger partial charge in [-0.25, -0.2) is 9.78 Å². The molecule has 1 unspecified atom stereocenters. The van der Waals surface area contributed by atoms with Crippen LogP contribution in [0.15, 0.2) is 82.5 Å². The van der Waals surface area contributed by atoms with Gasteiger partial charge in [-0.2, -0.15) is 5.26 Å². The zero-order chi connectivity index (χ0) is 37.5. The van der Waals surface area contributed by atoms with Gasteiger partial charge in [0.1, 0.15) is 34.0 Å². The quantitative estimate of drug-likeness (QED) is 0.0460. The van der Waals surface area contributed by atoms with E-state index in [0.717, 1.165) is 65.3 Å². The maximum absolute atomic E-state index is 12.7. The molecule has 13 heteroatoms. The molecule has 0 aliphatic carbocycles. The third kappa shape index (κ3) is 11.4. The molecule has 1 aromatic heterocycles. The SMILES string of the molecule is CCCCC(CC)COC(=O)/C(C#N)=C/c1sc(N=Nc2ccc(N(Cc3cccc(OC)c3)Cc3ccccc3OC)cc2NC(C)=O)nc1Cl. The Morgan fingerprint density at radius 3 is 2.58 bits per heavy atom. The Balaban J connectivity index is 1.61. The fourth-order valence-electron chi connectivity index (χ4n) is 5.33. The Morgan fingerprint density at radius 1 is 1.06 bits per heavy atom. The van der Waals surface area contributed by atoms with Crippen molar-refractivity contribution in [3.63, 3.8) is 0 Å². The number of anilines is 2. The molecule has 0 radical (unpaired) electrons. The normalized spacial score (nSPS) is 11.9. The van der Waals surface area contributed by atoms with Gasteiger partial charge in [-0.15, -0.1) is 10.2 Å². The lowest BCUT2D eigenvalue weighted by Gasteiger charge is -2.27. The number of nitrogens with zero attached hydrogens (tertiary/aromatic N) is 5. The van der Waals surface area contributed by atoms with Crippen LogP contribution in [0.4, 0.5) is 22.2 Å². The molecule has 1 N–H and O–H groups in total. The summed E-state index contributed by atoms with van der Waals surface area (Å²) in [5.74, 6) is 0.748. The van der Waals surface area contributed by atoms with E-state index in [1.165, 1.54) is 13.0 Å². The van der Waals surface area contributed by atoms with E-state index in [9.17, 15) is 14.9 Å². The second kappa shape index (κ2) is 20.0. The molecule has 4 aromatic rings. The predicted molar refractivity (Wildman–Crippen MR) is 206 cm³/mol. The van der Waals surface area contributed by atoms with Gasteiger partial charge in [-0.1, -0.05) is 86.4 Å². The molecule has 0 saturated heterocycles. The third-order valence-electron chi connectivity index (χ3n) is 8.17. The van der Waals surface area contributed by atoms with Gasteiger partial charge in [0, 0.05) is 31.3 Å². The Labute approximate surface area is 313 Å². The summed E-state index contributed by atoms with van der Waals surface area (Å²) < 4.78 is 16.5. The van der Waals surface area contributed by atoms with Crippen LogP contribution in [0.3, 0.4) is 0 Å². The van der Waals surface area contributed by atoms with Gasteiger partial charge in [0.05, 0.1) is 31.4 Å². The molecule has 11 nitrogen and oxygen atoms in total. The van der Waals surface area contributed by atoms with Crippen LogP contribution in [0.5, 0.6) is 11.5 Å². The predicted octanol–water partition coefficient (Wildman–Crippen LogP) is 10.1. The number of rotatable bonds is 18. The zero-order valence-corrected chi connectivity index (χ0v) is 31.6. The first kappa shape index (κ1) is 39.5. The third-order valence-corrected chi connectivity index (χ3v) is 9.45. The lowest BCUT2D eigenvalue weighted by molar-refractivity contribution is -0.139. The number of methoxy groups -OCH3 is 2. The number of benzene rings is 3. The second-order valence-corrected chi connectivity index (χ2v) is 13.3. The van der Waals surface area contributed by atoms with Crippen molar-refractivity contribution in [2.45, 2.75) is 59.5 Å². The summed E-state index contributed by atoms with van der Waals surface area (Å²) in [6.45, 7) is 6.87. The van der Waals surface area contributed by atoms with Gasteiger partial charge in [0.25, 0.3) is 0 Å². The number of carbonyl (C=O) groups excluding carboxylic acids is 2. The molecular weight excluding hydrogens is 700 g/mol. The van der Waals surface area contributed by atoms with E-state index in [4.69, 9.17) is 25.8 Å². The van der Waals surface area contributed by atoms with Crippen molar-refractivity contribution in [1.82, 2.24) is 4.98 Å². The molecular formula is C39H43ClN6O5S. The maximum atomic E-state index is 12.7. The highest BCUT2D eigenvalue weighted by molar-refractivity contribution is 7.16. The molecule has 1 atom stereocenters. The van der Waals surface area contributed by atoms with Crippen molar-refractivity contribution in [2.75, 3.05) is 31.0 Å². The number of ether oxygens (including phenoxy) is 3. The minimum atomic E-state index is -0.712. The molecule has 4 rings (SSSR count). The van der Waals surface area contributed by atoms with E-state index in [-0.39, 0.29) is 34.3 Å². The standard InChI is InChI=1S/C39H43ClN6O5S/c1-6-8-12-27(7-2)25-51-38(48)30(22-41)20-36-37(40)43-39(52-36)45-44-33-18-17-31(21-34(33)42-26(3)47)46(23-28-13-11-15-32(19-28)49-4)24-29-14-9-10-16-35(29)50-5/h9-11,13-21,27H,6-8,12,23-25H2,1-5H3,(H,42,47)/b30-20+,45-44?. The molecule has 3 aromatic carbocycles. The van der Waals surface area contributed by atoms with Crippen LogP contribution in [0.2, 0.25) is 5.15 Å². The number of hydrogen-bond acceptors (Lipinski definition) is 11. The number of azo groups is 1. The summed E-state index contributed by atoms with van der Waals surface area (Å²) in [6.07, 6.45) is 5.30. The Hall–Kier alpha value is -5.25. The summed E-state index contributed by atoms with van der Waals surface area (Å²) in [5, 5.41) is 21.5. The van der Waals surface area contributed by atoms with Gasteiger partial charge < -0.3 is 24.4 Å². The van der Waals surface area contributed by atoms with E-state index < -0.39 is 5.97 Å². The van der Waals surface area contributed by atoms with Crippen molar-refractivity contribution in [2.24, 2.45) is 16.1 Å². The average molecular weight is 743 g/mol. The van der Waals surface area contributed by atoms with Gasteiger partial charge in [0.2, 0.25) is 11.0 Å². The fraction of sp³-hybridized carbons (Fsp3) is 0.333. The van der Waals surface area contributed by atoms with Crippen LogP contribution in [-0.4, -0.2) is 37.7 Å². The van der Waals surface area contributed by atoms with Crippen molar-refractivity contribution in [3.8, 4) is 17.6 Å². The van der Waals surface area contributed by atoms with Crippen LogP contribution in [0, 0.1) is 17.2 Å². The van der Waals surface area contributed by atoms with Crippen molar-refractivity contribution < 1.29 is 23.8 Å². The number of nitriles is 1. The molecule has 52 heavy (non-hydrogen) atoms. The van der Waals surface area contributed by atoms with E-state index in [1.807, 2.05) is 66.7 Å². The van der Waals surface area contributed by atoms with Gasteiger partial charge in [-0.05, 0) is 60.4 Å². The lowest BCUT2D eigenvalue weighted by Crippen LogP contribution is -2.22.